The maximum Gasteiger partial charge on any atom is 0.225 e. The minimum atomic E-state index is -0.252. The number of carbonyl (C=O) groups is 1. The van der Waals surface area contributed by atoms with Gasteiger partial charge in [-0.15, -0.1) is 0 Å². The van der Waals surface area contributed by atoms with E-state index >= 15 is 0 Å². The Hall–Kier alpha value is -1.35. The standard InChI is InChI=1S/C15H17NO2/c17-14-9-12-7-4-8-15(12)16(14)13(10-18-15)11-5-2-1-3-6-11/h1-3,5-6,12-13H,4,7-10H2/t12?,13-,15?/m0/s1. The number of hydrogen-bond acceptors (Lipinski definition) is 2. The van der Waals surface area contributed by atoms with Crippen molar-refractivity contribution < 1.29 is 9.53 Å². The van der Waals surface area contributed by atoms with Crippen LogP contribution in [0.2, 0.25) is 0 Å². The van der Waals surface area contributed by atoms with Gasteiger partial charge in [0.25, 0.3) is 0 Å². The van der Waals surface area contributed by atoms with E-state index in [0.717, 1.165) is 12.8 Å². The molecule has 1 aliphatic carbocycles. The minimum absolute atomic E-state index is 0.127. The molecule has 2 saturated heterocycles. The van der Waals surface area contributed by atoms with Crippen molar-refractivity contribution in [2.45, 2.75) is 37.5 Å². The summed E-state index contributed by atoms with van der Waals surface area (Å²) >= 11 is 0. The lowest BCUT2D eigenvalue weighted by atomic mass is 10.0. The second-order valence-electron chi connectivity index (χ2n) is 5.64. The number of carbonyl (C=O) groups excluding carboxylic acids is 1. The van der Waals surface area contributed by atoms with Crippen LogP contribution in [0.5, 0.6) is 0 Å². The molecule has 1 saturated carbocycles. The molecule has 3 nitrogen and oxygen atoms in total. The second kappa shape index (κ2) is 3.58. The molecule has 0 N–H and O–H groups in total. The lowest BCUT2D eigenvalue weighted by Crippen LogP contribution is -2.43. The Kier molecular flexibility index (Phi) is 2.10. The van der Waals surface area contributed by atoms with Crippen LogP contribution in [0.1, 0.15) is 37.3 Å². The van der Waals surface area contributed by atoms with E-state index in [1.54, 1.807) is 0 Å². The molecule has 1 aromatic carbocycles. The van der Waals surface area contributed by atoms with E-state index in [4.69, 9.17) is 4.74 Å². The average Bonchev–Trinajstić information content (AvgIpc) is 3.02. The smallest absolute Gasteiger partial charge is 0.225 e. The van der Waals surface area contributed by atoms with Crippen molar-refractivity contribution in [1.29, 1.82) is 0 Å². The molecule has 0 bridgehead atoms. The van der Waals surface area contributed by atoms with Crippen LogP contribution in [0.25, 0.3) is 0 Å². The molecule has 2 heterocycles. The molecule has 1 spiro atoms. The first kappa shape index (κ1) is 10.6. The van der Waals surface area contributed by atoms with E-state index in [0.29, 0.717) is 18.9 Å². The van der Waals surface area contributed by atoms with Crippen LogP contribution in [0.15, 0.2) is 30.3 Å². The van der Waals surface area contributed by atoms with E-state index in [-0.39, 0.29) is 17.7 Å². The fraction of sp³-hybridized carbons (Fsp3) is 0.533. The Balaban J connectivity index is 1.75. The number of rotatable bonds is 1. The average molecular weight is 243 g/mol. The lowest BCUT2D eigenvalue weighted by molar-refractivity contribution is -0.139. The van der Waals surface area contributed by atoms with Crippen molar-refractivity contribution in [2.24, 2.45) is 5.92 Å². The third kappa shape index (κ3) is 1.20. The third-order valence-corrected chi connectivity index (χ3v) is 4.81. The summed E-state index contributed by atoms with van der Waals surface area (Å²) in [6.07, 6.45) is 4.04. The predicted molar refractivity (Wildman–Crippen MR) is 66.7 cm³/mol. The number of benzene rings is 1. The largest absolute Gasteiger partial charge is 0.353 e. The van der Waals surface area contributed by atoms with Crippen molar-refractivity contribution in [3.05, 3.63) is 35.9 Å². The summed E-state index contributed by atoms with van der Waals surface area (Å²) in [4.78, 5) is 14.3. The van der Waals surface area contributed by atoms with Crippen LogP contribution in [0, 0.1) is 5.92 Å². The zero-order valence-corrected chi connectivity index (χ0v) is 10.3. The fourth-order valence-electron chi connectivity index (χ4n) is 4.05. The lowest BCUT2D eigenvalue weighted by Gasteiger charge is -2.32. The molecular weight excluding hydrogens is 226 g/mol. The highest BCUT2D eigenvalue weighted by Gasteiger charge is 2.61. The van der Waals surface area contributed by atoms with E-state index in [1.165, 1.54) is 12.0 Å². The molecule has 4 rings (SSSR count). The first-order valence-electron chi connectivity index (χ1n) is 6.82. The molecular formula is C15H17NO2. The van der Waals surface area contributed by atoms with Crippen LogP contribution < -0.4 is 0 Å². The van der Waals surface area contributed by atoms with Gasteiger partial charge < -0.3 is 9.64 Å². The van der Waals surface area contributed by atoms with Crippen molar-refractivity contribution in [2.75, 3.05) is 6.61 Å². The third-order valence-electron chi connectivity index (χ3n) is 4.81. The zero-order chi connectivity index (χ0) is 12.2. The van der Waals surface area contributed by atoms with Gasteiger partial charge in [0.1, 0.15) is 5.72 Å². The highest BCUT2D eigenvalue weighted by atomic mass is 16.5. The van der Waals surface area contributed by atoms with Gasteiger partial charge in [-0.2, -0.15) is 0 Å². The molecule has 94 valence electrons. The molecule has 3 aliphatic rings. The first-order chi connectivity index (χ1) is 8.81. The normalized spacial score (nSPS) is 38.0. The Morgan fingerprint density at radius 3 is 2.94 bits per heavy atom. The van der Waals surface area contributed by atoms with Crippen LogP contribution >= 0.6 is 0 Å². The molecule has 0 radical (unpaired) electrons. The highest BCUT2D eigenvalue weighted by Crippen LogP contribution is 2.55. The Labute approximate surface area is 107 Å². The van der Waals surface area contributed by atoms with Crippen molar-refractivity contribution >= 4 is 5.91 Å². The summed E-state index contributed by atoms with van der Waals surface area (Å²) in [5.41, 5.74) is 0.952. The quantitative estimate of drug-likeness (QED) is 0.758. The maximum atomic E-state index is 12.3. The van der Waals surface area contributed by atoms with Gasteiger partial charge in [-0.25, -0.2) is 0 Å². The first-order valence-corrected chi connectivity index (χ1v) is 6.82. The van der Waals surface area contributed by atoms with E-state index < -0.39 is 0 Å². The van der Waals surface area contributed by atoms with Gasteiger partial charge >= 0.3 is 0 Å². The monoisotopic (exact) mass is 243 g/mol. The second-order valence-corrected chi connectivity index (χ2v) is 5.64. The van der Waals surface area contributed by atoms with Crippen molar-refractivity contribution in [3.63, 3.8) is 0 Å². The van der Waals surface area contributed by atoms with Crippen molar-refractivity contribution in [3.8, 4) is 0 Å². The Morgan fingerprint density at radius 1 is 1.28 bits per heavy atom. The Bertz CT molecular complexity index is 487. The van der Waals surface area contributed by atoms with Crippen LogP contribution in [0.4, 0.5) is 0 Å². The summed E-state index contributed by atoms with van der Waals surface area (Å²) in [6.45, 7) is 0.659. The van der Waals surface area contributed by atoms with Gasteiger partial charge in [0.05, 0.1) is 12.6 Å². The SMILES string of the molecule is O=C1CC2CCCC23OC[C@@H](c2ccccc2)N13. The number of nitrogens with zero attached hydrogens (tertiary/aromatic N) is 1. The minimum Gasteiger partial charge on any atom is -0.353 e. The van der Waals surface area contributed by atoms with Gasteiger partial charge in [-0.3, -0.25) is 4.79 Å². The van der Waals surface area contributed by atoms with Gasteiger partial charge in [0.15, 0.2) is 0 Å². The topological polar surface area (TPSA) is 29.5 Å². The summed E-state index contributed by atoms with van der Waals surface area (Å²) < 4.78 is 6.13. The molecule has 2 unspecified atom stereocenters. The molecule has 3 fully saturated rings. The summed E-state index contributed by atoms with van der Waals surface area (Å²) in [5.74, 6) is 0.713. The molecule has 2 aliphatic heterocycles. The summed E-state index contributed by atoms with van der Waals surface area (Å²) in [7, 11) is 0. The molecule has 3 heteroatoms. The number of amides is 1. The van der Waals surface area contributed by atoms with E-state index in [2.05, 4.69) is 17.0 Å². The fourth-order valence-corrected chi connectivity index (χ4v) is 4.05. The van der Waals surface area contributed by atoms with E-state index in [9.17, 15) is 4.79 Å². The molecule has 18 heavy (non-hydrogen) atoms. The van der Waals surface area contributed by atoms with E-state index in [1.807, 2.05) is 18.2 Å². The zero-order valence-electron chi connectivity index (χ0n) is 10.3. The highest BCUT2D eigenvalue weighted by molar-refractivity contribution is 5.81. The van der Waals surface area contributed by atoms with Crippen LogP contribution in [0.3, 0.4) is 0 Å². The van der Waals surface area contributed by atoms with Gasteiger partial charge in [-0.05, 0) is 24.8 Å². The maximum absolute atomic E-state index is 12.3. The van der Waals surface area contributed by atoms with Gasteiger partial charge in [0.2, 0.25) is 5.91 Å². The molecule has 3 atom stereocenters. The number of hydrogen-bond donors (Lipinski definition) is 0. The van der Waals surface area contributed by atoms with Crippen LogP contribution in [-0.2, 0) is 9.53 Å². The Morgan fingerprint density at radius 2 is 2.11 bits per heavy atom. The van der Waals surface area contributed by atoms with Gasteiger partial charge in [0, 0.05) is 12.3 Å². The molecule has 0 aromatic heterocycles. The molecule has 1 aromatic rings. The summed E-state index contributed by atoms with van der Waals surface area (Å²) in [5, 5.41) is 0. The predicted octanol–water partition coefficient (Wildman–Crippen LogP) is 2.49. The van der Waals surface area contributed by atoms with Crippen molar-refractivity contribution in [1.82, 2.24) is 4.90 Å². The number of ether oxygens (including phenoxy) is 1. The van der Waals surface area contributed by atoms with Crippen LogP contribution in [-0.4, -0.2) is 23.1 Å². The summed E-state index contributed by atoms with van der Waals surface area (Å²) in [6, 6.07) is 10.4. The molecule has 1 amide bonds. The van der Waals surface area contributed by atoms with Gasteiger partial charge in [-0.1, -0.05) is 30.3 Å².